The van der Waals surface area contributed by atoms with Gasteiger partial charge in [0.25, 0.3) is 5.91 Å². The number of carbonyl (C=O) groups is 4. The number of nitrogens with one attached hydrogen (secondary N) is 1. The molecule has 1 heterocycles. The highest BCUT2D eigenvalue weighted by Gasteiger charge is 2.39. The Morgan fingerprint density at radius 2 is 1.88 bits per heavy atom. The van der Waals surface area contributed by atoms with Crippen molar-refractivity contribution in [2.45, 2.75) is 57.0 Å². The molecule has 0 radical (unpaired) electrons. The summed E-state index contributed by atoms with van der Waals surface area (Å²) in [6, 6.07) is 0.490. The number of carbonyl (C=O) groups excluding carboxylic acids is 4. The normalized spacial score (nSPS) is 23.2. The summed E-state index contributed by atoms with van der Waals surface area (Å²) < 4.78 is 5.10. The van der Waals surface area contributed by atoms with Crippen LogP contribution < -0.4 is 5.32 Å². The molecule has 1 saturated heterocycles. The molecule has 3 rings (SSSR count). The Kier molecular flexibility index (Phi) is 5.78. The van der Waals surface area contributed by atoms with Crippen LogP contribution in [0.25, 0.3) is 0 Å². The monoisotopic (exact) mass is 365 g/mol. The van der Waals surface area contributed by atoms with Crippen LogP contribution in [0.15, 0.2) is 0 Å². The summed E-state index contributed by atoms with van der Waals surface area (Å²) in [5, 5.41) is 2.80. The zero-order valence-electron chi connectivity index (χ0n) is 15.2. The largest absolute Gasteiger partial charge is 0.455 e. The molecular formula is C18H27N3O5. The fourth-order valence-electron chi connectivity index (χ4n) is 3.62. The van der Waals surface area contributed by atoms with Gasteiger partial charge in [0.05, 0.1) is 12.5 Å². The van der Waals surface area contributed by atoms with Gasteiger partial charge in [-0.05, 0) is 25.7 Å². The van der Waals surface area contributed by atoms with Crippen molar-refractivity contribution in [3.63, 3.8) is 0 Å². The summed E-state index contributed by atoms with van der Waals surface area (Å²) >= 11 is 0. The third-order valence-corrected chi connectivity index (χ3v) is 5.34. The lowest BCUT2D eigenvalue weighted by Gasteiger charge is -2.23. The Hall–Kier alpha value is -2.12. The smallest absolute Gasteiger partial charge is 0.311 e. The van der Waals surface area contributed by atoms with Crippen molar-refractivity contribution in [1.82, 2.24) is 15.1 Å². The first-order chi connectivity index (χ1) is 12.4. The third kappa shape index (κ3) is 4.74. The fourth-order valence-corrected chi connectivity index (χ4v) is 3.62. The molecule has 3 amide bonds. The number of amides is 3. The Morgan fingerprint density at radius 3 is 2.54 bits per heavy atom. The first-order valence-corrected chi connectivity index (χ1v) is 9.43. The molecule has 3 fully saturated rings. The number of hydrogen-bond donors (Lipinski definition) is 1. The lowest BCUT2D eigenvalue weighted by Crippen LogP contribution is -2.41. The highest BCUT2D eigenvalue weighted by Crippen LogP contribution is 2.29. The summed E-state index contributed by atoms with van der Waals surface area (Å²) in [5.41, 5.74) is 0. The maximum atomic E-state index is 12.2. The summed E-state index contributed by atoms with van der Waals surface area (Å²) in [6.45, 7) is -0.0689. The molecule has 1 aliphatic heterocycles. The van der Waals surface area contributed by atoms with E-state index >= 15 is 0 Å². The van der Waals surface area contributed by atoms with Crippen LogP contribution in [0.1, 0.15) is 44.9 Å². The molecule has 0 unspecified atom stereocenters. The molecule has 2 saturated carbocycles. The van der Waals surface area contributed by atoms with Crippen LogP contribution in [-0.4, -0.2) is 72.3 Å². The van der Waals surface area contributed by atoms with Gasteiger partial charge in [-0.1, -0.05) is 12.8 Å². The SMILES string of the molecule is CN(CC(=O)NC1CC1)C(=O)COC(=O)[C@H]1CC(=O)N(C2CCCC2)C1. The molecule has 0 aromatic rings. The standard InChI is InChI=1S/C18H27N3O5/c1-20(10-15(22)19-13-6-7-13)17(24)11-26-18(25)12-8-16(23)21(9-12)14-4-2-3-5-14/h12-14H,2-11H2,1H3,(H,19,22)/t12-/m0/s1. The Balaban J connectivity index is 1.39. The average Bonchev–Trinajstić information content (AvgIpc) is 3.10. The van der Waals surface area contributed by atoms with Crippen molar-refractivity contribution in [1.29, 1.82) is 0 Å². The molecule has 0 spiro atoms. The molecule has 2 aliphatic carbocycles. The lowest BCUT2D eigenvalue weighted by molar-refractivity contribution is -0.155. The van der Waals surface area contributed by atoms with E-state index in [4.69, 9.17) is 4.74 Å². The zero-order chi connectivity index (χ0) is 18.7. The molecule has 0 aromatic heterocycles. The summed E-state index contributed by atoms with van der Waals surface area (Å²) in [7, 11) is 1.50. The summed E-state index contributed by atoms with van der Waals surface area (Å²) in [4.78, 5) is 51.1. The van der Waals surface area contributed by atoms with E-state index in [1.165, 1.54) is 11.9 Å². The van der Waals surface area contributed by atoms with Crippen LogP contribution in [0.5, 0.6) is 0 Å². The van der Waals surface area contributed by atoms with Crippen molar-refractivity contribution < 1.29 is 23.9 Å². The molecule has 8 heteroatoms. The van der Waals surface area contributed by atoms with E-state index in [0.29, 0.717) is 6.54 Å². The number of rotatable bonds is 7. The predicted octanol–water partition coefficient (Wildman–Crippen LogP) is 0.0577. The minimum Gasteiger partial charge on any atom is -0.455 e. The molecule has 3 aliphatic rings. The van der Waals surface area contributed by atoms with Gasteiger partial charge in [0.15, 0.2) is 6.61 Å². The van der Waals surface area contributed by atoms with E-state index in [9.17, 15) is 19.2 Å². The third-order valence-electron chi connectivity index (χ3n) is 5.34. The molecule has 0 bridgehead atoms. The molecule has 1 N–H and O–H groups in total. The van der Waals surface area contributed by atoms with Crippen molar-refractivity contribution >= 4 is 23.7 Å². The molecule has 1 atom stereocenters. The number of likely N-dealkylation sites (N-methyl/N-ethyl adjacent to an activating group) is 1. The zero-order valence-corrected chi connectivity index (χ0v) is 15.2. The van der Waals surface area contributed by atoms with E-state index in [0.717, 1.165) is 38.5 Å². The quantitative estimate of drug-likeness (QED) is 0.644. The van der Waals surface area contributed by atoms with E-state index in [1.807, 2.05) is 0 Å². The highest BCUT2D eigenvalue weighted by molar-refractivity contribution is 5.89. The van der Waals surface area contributed by atoms with Crippen molar-refractivity contribution in [2.75, 3.05) is 26.7 Å². The maximum absolute atomic E-state index is 12.2. The second kappa shape index (κ2) is 8.05. The Labute approximate surface area is 153 Å². The van der Waals surface area contributed by atoms with Crippen LogP contribution in [-0.2, 0) is 23.9 Å². The minimum atomic E-state index is -0.511. The van der Waals surface area contributed by atoms with Crippen LogP contribution in [0.2, 0.25) is 0 Å². The van der Waals surface area contributed by atoms with Crippen molar-refractivity contribution in [2.24, 2.45) is 5.92 Å². The van der Waals surface area contributed by atoms with Crippen molar-refractivity contribution in [3.05, 3.63) is 0 Å². The topological polar surface area (TPSA) is 96.0 Å². The van der Waals surface area contributed by atoms with E-state index in [-0.39, 0.29) is 36.9 Å². The van der Waals surface area contributed by atoms with Crippen molar-refractivity contribution in [3.8, 4) is 0 Å². The van der Waals surface area contributed by atoms with Gasteiger partial charge in [-0.2, -0.15) is 0 Å². The number of hydrogen-bond acceptors (Lipinski definition) is 5. The van der Waals surface area contributed by atoms with Gasteiger partial charge in [0.1, 0.15) is 0 Å². The summed E-state index contributed by atoms with van der Waals surface area (Å²) in [6.07, 6.45) is 6.37. The van der Waals surface area contributed by atoms with Crippen LogP contribution in [0, 0.1) is 5.92 Å². The van der Waals surface area contributed by atoms with E-state index in [1.54, 1.807) is 4.90 Å². The van der Waals surface area contributed by atoms with Gasteiger partial charge >= 0.3 is 5.97 Å². The minimum absolute atomic E-state index is 0.000887. The molecular weight excluding hydrogens is 338 g/mol. The maximum Gasteiger partial charge on any atom is 0.311 e. The van der Waals surface area contributed by atoms with E-state index in [2.05, 4.69) is 5.32 Å². The second-order valence-corrected chi connectivity index (χ2v) is 7.58. The van der Waals surface area contributed by atoms with Gasteiger partial charge in [0, 0.05) is 32.1 Å². The van der Waals surface area contributed by atoms with Crippen LogP contribution >= 0.6 is 0 Å². The first-order valence-electron chi connectivity index (χ1n) is 9.43. The number of ether oxygens (including phenoxy) is 1. The first kappa shape index (κ1) is 18.7. The van der Waals surface area contributed by atoms with Crippen LogP contribution in [0.4, 0.5) is 0 Å². The number of nitrogens with zero attached hydrogens (tertiary/aromatic N) is 2. The molecule has 26 heavy (non-hydrogen) atoms. The van der Waals surface area contributed by atoms with Gasteiger partial charge in [-0.15, -0.1) is 0 Å². The van der Waals surface area contributed by atoms with Gasteiger partial charge in [-0.3, -0.25) is 19.2 Å². The number of esters is 1. The Morgan fingerprint density at radius 1 is 1.19 bits per heavy atom. The lowest BCUT2D eigenvalue weighted by atomic mass is 10.1. The highest BCUT2D eigenvalue weighted by atomic mass is 16.5. The summed E-state index contributed by atoms with van der Waals surface area (Å²) in [5.74, 6) is -1.65. The van der Waals surface area contributed by atoms with E-state index < -0.39 is 24.4 Å². The predicted molar refractivity (Wildman–Crippen MR) is 91.8 cm³/mol. The second-order valence-electron chi connectivity index (χ2n) is 7.58. The van der Waals surface area contributed by atoms with Crippen LogP contribution in [0.3, 0.4) is 0 Å². The Bertz CT molecular complexity index is 583. The molecule has 0 aromatic carbocycles. The fraction of sp³-hybridized carbons (Fsp3) is 0.778. The average molecular weight is 365 g/mol. The van der Waals surface area contributed by atoms with Gasteiger partial charge in [-0.25, -0.2) is 0 Å². The number of likely N-dealkylation sites (tertiary alicyclic amines) is 1. The molecule has 8 nitrogen and oxygen atoms in total. The van der Waals surface area contributed by atoms with Gasteiger partial charge in [0.2, 0.25) is 11.8 Å². The molecule has 144 valence electrons. The van der Waals surface area contributed by atoms with Gasteiger partial charge < -0.3 is 19.9 Å².